The van der Waals surface area contributed by atoms with Crippen molar-refractivity contribution in [1.82, 2.24) is 5.32 Å². The zero-order valence-corrected chi connectivity index (χ0v) is 8.06. The van der Waals surface area contributed by atoms with Gasteiger partial charge in [0.2, 0.25) is 0 Å². The SMILES string of the molecule is Cc1ccc(CNC(N)=O)cc1Cl. The lowest BCUT2D eigenvalue weighted by atomic mass is 10.1. The van der Waals surface area contributed by atoms with Gasteiger partial charge < -0.3 is 11.1 Å². The Bertz CT molecular complexity index is 325. The summed E-state index contributed by atoms with van der Waals surface area (Å²) >= 11 is 5.89. The summed E-state index contributed by atoms with van der Waals surface area (Å²) in [5.74, 6) is 0. The van der Waals surface area contributed by atoms with Gasteiger partial charge in [-0.2, -0.15) is 0 Å². The van der Waals surface area contributed by atoms with E-state index in [0.717, 1.165) is 11.1 Å². The number of nitrogens with two attached hydrogens (primary N) is 1. The lowest BCUT2D eigenvalue weighted by Gasteiger charge is -2.03. The molecule has 0 saturated heterocycles. The van der Waals surface area contributed by atoms with Crippen molar-refractivity contribution in [2.75, 3.05) is 0 Å². The smallest absolute Gasteiger partial charge is 0.312 e. The highest BCUT2D eigenvalue weighted by Gasteiger charge is 1.98. The minimum Gasteiger partial charge on any atom is -0.352 e. The molecular weight excluding hydrogens is 188 g/mol. The number of primary amides is 1. The first-order chi connectivity index (χ1) is 6.09. The first-order valence-electron chi connectivity index (χ1n) is 3.88. The van der Waals surface area contributed by atoms with E-state index in [-0.39, 0.29) is 0 Å². The number of rotatable bonds is 2. The lowest BCUT2D eigenvalue weighted by molar-refractivity contribution is 0.248. The number of urea groups is 1. The monoisotopic (exact) mass is 198 g/mol. The number of halogens is 1. The van der Waals surface area contributed by atoms with Crippen LogP contribution in [0.25, 0.3) is 0 Å². The summed E-state index contributed by atoms with van der Waals surface area (Å²) in [4.78, 5) is 10.4. The Morgan fingerprint density at radius 3 is 2.85 bits per heavy atom. The zero-order chi connectivity index (χ0) is 9.84. The van der Waals surface area contributed by atoms with Crippen LogP contribution in [0.5, 0.6) is 0 Å². The summed E-state index contributed by atoms with van der Waals surface area (Å²) in [5, 5.41) is 3.19. The predicted octanol–water partition coefficient (Wildman–Crippen LogP) is 1.82. The zero-order valence-electron chi connectivity index (χ0n) is 7.30. The molecule has 0 aliphatic rings. The molecule has 2 amide bonds. The van der Waals surface area contributed by atoms with Crippen LogP contribution in [-0.2, 0) is 6.54 Å². The minimum atomic E-state index is -0.531. The molecule has 0 aliphatic carbocycles. The lowest BCUT2D eigenvalue weighted by Crippen LogP contribution is -2.28. The number of hydrogen-bond donors (Lipinski definition) is 2. The second-order valence-electron chi connectivity index (χ2n) is 2.80. The quantitative estimate of drug-likeness (QED) is 0.749. The topological polar surface area (TPSA) is 55.1 Å². The molecule has 0 aromatic heterocycles. The van der Waals surface area contributed by atoms with Gasteiger partial charge in [-0.15, -0.1) is 0 Å². The van der Waals surface area contributed by atoms with Crippen molar-refractivity contribution in [3.05, 3.63) is 34.3 Å². The van der Waals surface area contributed by atoms with Crippen molar-refractivity contribution in [1.29, 1.82) is 0 Å². The van der Waals surface area contributed by atoms with Crippen LogP contribution < -0.4 is 11.1 Å². The van der Waals surface area contributed by atoms with Crippen LogP contribution >= 0.6 is 11.6 Å². The molecule has 3 nitrogen and oxygen atoms in total. The standard InChI is InChI=1S/C9H11ClN2O/c1-6-2-3-7(4-8(6)10)5-12-9(11)13/h2-4H,5H2,1H3,(H3,11,12,13). The van der Waals surface area contributed by atoms with E-state index in [1.807, 2.05) is 25.1 Å². The fourth-order valence-corrected chi connectivity index (χ4v) is 1.14. The van der Waals surface area contributed by atoms with Crippen molar-refractivity contribution in [2.45, 2.75) is 13.5 Å². The molecule has 1 aromatic rings. The Hall–Kier alpha value is -1.22. The molecule has 0 spiro atoms. The second-order valence-corrected chi connectivity index (χ2v) is 3.21. The normalized spacial score (nSPS) is 9.69. The maximum Gasteiger partial charge on any atom is 0.312 e. The van der Waals surface area contributed by atoms with E-state index >= 15 is 0 Å². The Morgan fingerprint density at radius 2 is 2.31 bits per heavy atom. The molecular formula is C9H11ClN2O. The van der Waals surface area contributed by atoms with Gasteiger partial charge >= 0.3 is 6.03 Å². The van der Waals surface area contributed by atoms with Crippen molar-refractivity contribution in [3.8, 4) is 0 Å². The Morgan fingerprint density at radius 1 is 1.62 bits per heavy atom. The van der Waals surface area contributed by atoms with E-state index in [9.17, 15) is 4.79 Å². The molecule has 0 atom stereocenters. The number of benzene rings is 1. The number of carbonyl (C=O) groups excluding carboxylic acids is 1. The van der Waals surface area contributed by atoms with Gasteiger partial charge in [0.05, 0.1) is 0 Å². The van der Waals surface area contributed by atoms with E-state index in [4.69, 9.17) is 17.3 Å². The van der Waals surface area contributed by atoms with Crippen LogP contribution in [0.2, 0.25) is 5.02 Å². The molecule has 13 heavy (non-hydrogen) atoms. The minimum absolute atomic E-state index is 0.412. The average molecular weight is 199 g/mol. The fraction of sp³-hybridized carbons (Fsp3) is 0.222. The van der Waals surface area contributed by atoms with Crippen LogP contribution in [0.15, 0.2) is 18.2 Å². The fourth-order valence-electron chi connectivity index (χ4n) is 0.936. The van der Waals surface area contributed by atoms with E-state index in [1.165, 1.54) is 0 Å². The summed E-state index contributed by atoms with van der Waals surface area (Å²) in [5.41, 5.74) is 6.88. The molecule has 0 radical (unpaired) electrons. The highest BCUT2D eigenvalue weighted by Crippen LogP contribution is 2.16. The van der Waals surface area contributed by atoms with Crippen molar-refractivity contribution in [2.24, 2.45) is 5.73 Å². The summed E-state index contributed by atoms with van der Waals surface area (Å²) < 4.78 is 0. The number of amides is 2. The van der Waals surface area contributed by atoms with Crippen molar-refractivity contribution < 1.29 is 4.79 Å². The molecule has 0 fully saturated rings. The highest BCUT2D eigenvalue weighted by atomic mass is 35.5. The third-order valence-electron chi connectivity index (χ3n) is 1.70. The molecule has 1 aromatic carbocycles. The van der Waals surface area contributed by atoms with Crippen molar-refractivity contribution in [3.63, 3.8) is 0 Å². The molecule has 0 heterocycles. The van der Waals surface area contributed by atoms with Crippen LogP contribution in [0.4, 0.5) is 4.79 Å². The first-order valence-corrected chi connectivity index (χ1v) is 4.25. The van der Waals surface area contributed by atoms with Crippen LogP contribution in [0.3, 0.4) is 0 Å². The maximum atomic E-state index is 10.4. The molecule has 0 aliphatic heterocycles. The summed E-state index contributed by atoms with van der Waals surface area (Å²) in [6, 6.07) is 5.08. The van der Waals surface area contributed by atoms with E-state index in [0.29, 0.717) is 11.6 Å². The summed E-state index contributed by atoms with van der Waals surface area (Å²) in [7, 11) is 0. The van der Waals surface area contributed by atoms with E-state index < -0.39 is 6.03 Å². The Kier molecular flexibility index (Phi) is 3.14. The Labute approximate surface area is 81.9 Å². The first kappa shape index (κ1) is 9.86. The van der Waals surface area contributed by atoms with Gasteiger partial charge in [-0.25, -0.2) is 4.79 Å². The predicted molar refractivity (Wildman–Crippen MR) is 52.6 cm³/mol. The molecule has 4 heteroatoms. The molecule has 3 N–H and O–H groups in total. The second kappa shape index (κ2) is 4.14. The highest BCUT2D eigenvalue weighted by molar-refractivity contribution is 6.31. The van der Waals surface area contributed by atoms with Crippen molar-refractivity contribution >= 4 is 17.6 Å². The van der Waals surface area contributed by atoms with Crippen LogP contribution in [0, 0.1) is 6.92 Å². The van der Waals surface area contributed by atoms with E-state index in [1.54, 1.807) is 0 Å². The van der Waals surface area contributed by atoms with Gasteiger partial charge in [-0.3, -0.25) is 0 Å². The molecule has 1 rings (SSSR count). The molecule has 70 valence electrons. The maximum absolute atomic E-state index is 10.4. The van der Waals surface area contributed by atoms with Gasteiger partial charge in [0, 0.05) is 11.6 Å². The summed E-state index contributed by atoms with van der Waals surface area (Å²) in [6.45, 7) is 2.34. The summed E-state index contributed by atoms with van der Waals surface area (Å²) in [6.07, 6.45) is 0. The number of nitrogens with one attached hydrogen (secondary N) is 1. The average Bonchev–Trinajstić information content (AvgIpc) is 2.07. The molecule has 0 saturated carbocycles. The van der Waals surface area contributed by atoms with Gasteiger partial charge in [0.15, 0.2) is 0 Å². The molecule has 0 unspecified atom stereocenters. The third kappa shape index (κ3) is 2.95. The van der Waals surface area contributed by atoms with Gasteiger partial charge in [0.25, 0.3) is 0 Å². The van der Waals surface area contributed by atoms with Gasteiger partial charge in [-0.05, 0) is 24.1 Å². The van der Waals surface area contributed by atoms with Gasteiger partial charge in [-0.1, -0.05) is 23.7 Å². The number of carbonyl (C=O) groups is 1. The van der Waals surface area contributed by atoms with Crippen LogP contribution in [-0.4, -0.2) is 6.03 Å². The molecule has 0 bridgehead atoms. The van der Waals surface area contributed by atoms with Gasteiger partial charge in [0.1, 0.15) is 0 Å². The third-order valence-corrected chi connectivity index (χ3v) is 2.11. The number of hydrogen-bond acceptors (Lipinski definition) is 1. The largest absolute Gasteiger partial charge is 0.352 e. The van der Waals surface area contributed by atoms with E-state index in [2.05, 4.69) is 5.32 Å². The van der Waals surface area contributed by atoms with Crippen LogP contribution in [0.1, 0.15) is 11.1 Å². The Balaban J connectivity index is 2.68. The number of aryl methyl sites for hydroxylation is 1.